The Morgan fingerprint density at radius 3 is 2.32 bits per heavy atom. The third-order valence-electron chi connectivity index (χ3n) is 13.1. The molecule has 372 valence electrons. The summed E-state index contributed by atoms with van der Waals surface area (Å²) in [4.78, 5) is 80.7. The average Bonchev–Trinajstić information content (AvgIpc) is 3.96. The Labute approximate surface area is 423 Å². The second-order valence-corrected chi connectivity index (χ2v) is 20.4. The van der Waals surface area contributed by atoms with E-state index in [9.17, 15) is 33.5 Å². The number of carbonyl (C=O) groups is 5. The van der Waals surface area contributed by atoms with Crippen molar-refractivity contribution in [3.05, 3.63) is 110 Å². The number of amides is 3. The number of aromatic nitrogens is 1. The number of halogens is 1. The van der Waals surface area contributed by atoms with Crippen LogP contribution in [0.25, 0.3) is 0 Å². The first-order valence-corrected chi connectivity index (χ1v) is 25.5. The number of β-lactam (4-membered cyclic amide) rings is 1. The van der Waals surface area contributed by atoms with Crippen molar-refractivity contribution in [2.24, 2.45) is 5.16 Å². The highest BCUT2D eigenvalue weighted by Gasteiger charge is 2.62. The number of hydrogen-bond donors (Lipinski definition) is 2. The number of methoxy groups -OCH3 is 2. The van der Waals surface area contributed by atoms with Gasteiger partial charge in [0.2, 0.25) is 5.37 Å². The maximum Gasteiger partial charge on any atom is 0.353 e. The summed E-state index contributed by atoms with van der Waals surface area (Å²) in [6, 6.07) is 16.7. The Bertz CT molecular complexity index is 2750. The third kappa shape index (κ3) is 10.8. The van der Waals surface area contributed by atoms with Crippen LogP contribution in [-0.4, -0.2) is 156 Å². The summed E-state index contributed by atoms with van der Waals surface area (Å²) >= 11 is 6.56. The first-order valence-electron chi connectivity index (χ1n) is 22.8. The lowest BCUT2D eigenvalue weighted by atomic mass is 9.88. The molecule has 3 fully saturated rings. The van der Waals surface area contributed by atoms with Crippen molar-refractivity contribution in [3.8, 4) is 23.0 Å². The summed E-state index contributed by atoms with van der Waals surface area (Å²) in [6.07, 6.45) is -0.348. The molecule has 5 heterocycles. The van der Waals surface area contributed by atoms with E-state index in [0.29, 0.717) is 64.9 Å². The van der Waals surface area contributed by atoms with Crippen LogP contribution in [0.3, 0.4) is 0 Å². The Hall–Kier alpha value is -6.10. The fourth-order valence-electron chi connectivity index (χ4n) is 9.30. The number of piperazine rings is 1. The molecular weight excluding hydrogens is 978 g/mol. The van der Waals surface area contributed by atoms with Gasteiger partial charge in [-0.1, -0.05) is 47.9 Å². The summed E-state index contributed by atoms with van der Waals surface area (Å²) in [5.41, 5.74) is 1.57. The predicted octanol–water partition coefficient (Wildman–Crippen LogP) is 2.16. The first-order chi connectivity index (χ1) is 34.2. The molecule has 1 unspecified atom stereocenters. The van der Waals surface area contributed by atoms with E-state index in [1.165, 1.54) is 19.4 Å². The molecule has 3 saturated heterocycles. The number of hydrogen-bond acceptors (Lipinski definition) is 16. The van der Waals surface area contributed by atoms with Crippen molar-refractivity contribution in [2.45, 2.75) is 63.5 Å². The Balaban J connectivity index is 0.979. The van der Waals surface area contributed by atoms with Crippen molar-refractivity contribution < 1.29 is 66.5 Å². The number of aryl methyl sites for hydroxylation is 1. The summed E-state index contributed by atoms with van der Waals surface area (Å²) in [7, 11) is 3.59. The van der Waals surface area contributed by atoms with Crippen LogP contribution >= 0.6 is 22.9 Å². The monoisotopic (exact) mass is 1030 g/mol. The average molecular weight is 1030 g/mol. The number of rotatable bonds is 20. The number of carbonyl (C=O) groups excluding carboxylic acids is 5. The van der Waals surface area contributed by atoms with E-state index in [1.807, 2.05) is 53.4 Å². The number of oxime groups is 1. The second-order valence-electron chi connectivity index (χ2n) is 17.4. The minimum Gasteiger partial charge on any atom is -0.614 e. The third-order valence-corrected chi connectivity index (χ3v) is 15.9. The maximum absolute atomic E-state index is 14.5. The van der Waals surface area contributed by atoms with Gasteiger partial charge in [0, 0.05) is 11.8 Å². The Morgan fingerprint density at radius 2 is 1.72 bits per heavy atom. The maximum atomic E-state index is 14.5. The van der Waals surface area contributed by atoms with Gasteiger partial charge in [-0.05, 0) is 72.0 Å². The van der Waals surface area contributed by atoms with Gasteiger partial charge in [-0.15, -0.1) is 11.3 Å². The van der Waals surface area contributed by atoms with E-state index in [-0.39, 0.29) is 77.3 Å². The molecule has 2 bridgehead atoms. The molecule has 8 rings (SSSR count). The minimum atomic E-state index is -1.78. The van der Waals surface area contributed by atoms with Crippen LogP contribution in [0, 0.1) is 6.92 Å². The zero-order valence-corrected chi connectivity index (χ0v) is 42.1. The van der Waals surface area contributed by atoms with Crippen LogP contribution < -0.4 is 24.3 Å². The lowest BCUT2D eigenvalue weighted by Gasteiger charge is -2.50. The number of benzene rings is 3. The molecule has 19 nitrogen and oxygen atoms in total. The molecule has 0 spiro atoms. The van der Waals surface area contributed by atoms with Crippen LogP contribution in [0.4, 0.5) is 0 Å². The molecule has 24 heteroatoms. The quantitative estimate of drug-likeness (QED) is 0.0323. The molecule has 6 atom stereocenters. The van der Waals surface area contributed by atoms with Crippen molar-refractivity contribution in [3.63, 3.8) is 0 Å². The van der Waals surface area contributed by atoms with Gasteiger partial charge in [-0.2, -0.15) is 0 Å². The Morgan fingerprint density at radius 1 is 1.04 bits per heavy atom. The van der Waals surface area contributed by atoms with Gasteiger partial charge in [0.15, 0.2) is 35.0 Å². The number of thiazole rings is 1. The molecule has 0 saturated carbocycles. The van der Waals surface area contributed by atoms with Crippen LogP contribution in [0.15, 0.2) is 82.5 Å². The number of quaternary nitrogens is 1. The molecule has 0 aliphatic carbocycles. The van der Waals surface area contributed by atoms with Crippen molar-refractivity contribution in [1.29, 1.82) is 0 Å². The van der Waals surface area contributed by atoms with Crippen molar-refractivity contribution in [1.82, 2.24) is 20.1 Å². The molecule has 1 aromatic heterocycles. The molecule has 0 radical (unpaired) electrons. The van der Waals surface area contributed by atoms with Crippen molar-refractivity contribution in [2.75, 3.05) is 52.7 Å². The number of nitrogens with one attached hydrogen (secondary N) is 1. The van der Waals surface area contributed by atoms with E-state index in [4.69, 9.17) is 40.0 Å². The smallest absolute Gasteiger partial charge is 0.353 e. The summed E-state index contributed by atoms with van der Waals surface area (Å²) in [5.74, 6) is -0.716. The van der Waals surface area contributed by atoms with E-state index >= 15 is 0 Å². The molecule has 3 aromatic carbocycles. The number of fused-ring (bicyclic) bond motifs is 3. The first kappa shape index (κ1) is 51.3. The normalized spacial score (nSPS) is 21.9. The largest absolute Gasteiger partial charge is 0.614 e. The van der Waals surface area contributed by atoms with E-state index < -0.39 is 59.6 Å². The molecule has 4 aliphatic heterocycles. The number of nitrogens with zero attached hydrogens (tertiary/aromatic N) is 5. The topological polar surface area (TPSA) is 228 Å². The molecule has 2 N–H and O–H groups in total. The van der Waals surface area contributed by atoms with Crippen LogP contribution in [0.5, 0.6) is 23.0 Å². The zero-order chi connectivity index (χ0) is 50.6. The zero-order valence-electron chi connectivity index (χ0n) is 39.7. The van der Waals surface area contributed by atoms with Gasteiger partial charge in [0.25, 0.3) is 17.7 Å². The standard InChI is InChI=1S/C47H51B2ClN6O13S2/c1-5-35(42(57)49-62)69-53-38(34-24-70-26(2)51-34)43(58)52-39-45(60)55-40(47(61)68-48)29(25-71(63)46(39)55)20-56-18-16-30(21-56)54(17-19-56)44(59)33-14-15-36(66-22-27-6-10-31(64-3)11-7-27)41(37(33)50)67-23-28-8-12-32(65-4)13-9-28/h6-15,24,30,35,39,46,49,62H,5,16-23,25,48H2,1-4H3/p+1/b53-38-/t30-,35-,39+,46+,56-,71?/m0/s1. The highest BCUT2D eigenvalue weighted by atomic mass is 35.5. The highest BCUT2D eigenvalue weighted by Crippen LogP contribution is 2.42. The van der Waals surface area contributed by atoms with E-state index in [2.05, 4.69) is 15.5 Å². The van der Waals surface area contributed by atoms with Gasteiger partial charge in [-0.25, -0.2) is 9.78 Å². The Kier molecular flexibility index (Phi) is 16.0. The van der Waals surface area contributed by atoms with Crippen LogP contribution in [0.2, 0.25) is 5.02 Å². The van der Waals surface area contributed by atoms with Crippen LogP contribution in [-0.2, 0) is 53.1 Å². The fourth-order valence-corrected chi connectivity index (χ4v) is 11.9. The van der Waals surface area contributed by atoms with Gasteiger partial charge in [0.05, 0.1) is 67.6 Å². The lowest BCUT2D eigenvalue weighted by molar-refractivity contribution is -0.916. The SMILES string of the molecule is BOC(=O)C1=C(C[N@@+]23CC[C@@H](C2)N(C(=O)c2ccc(OCc4ccc(OC)cc4)c(OCc4ccc(OC)cc4)c2Cl)CC3)C[S+]([O-])[C@@H]2[C@H](NC(=O)/C(=N\O[C@@H](CC)C(=O)BO)c3csc(C)n3)C(=O)N12. The predicted molar refractivity (Wildman–Crippen MR) is 265 cm³/mol. The minimum absolute atomic E-state index is 0.0223. The van der Waals surface area contributed by atoms with Gasteiger partial charge < -0.3 is 57.5 Å². The number of ether oxygens (including phenoxy) is 4. The fraction of sp³-hybridized carbons (Fsp3) is 0.383. The summed E-state index contributed by atoms with van der Waals surface area (Å²) in [6.45, 7) is 5.97. The molecule has 4 aromatic rings. The molecule has 71 heavy (non-hydrogen) atoms. The van der Waals surface area contributed by atoms with Gasteiger partial charge in [0.1, 0.15) is 48.4 Å². The van der Waals surface area contributed by atoms with Crippen molar-refractivity contribution >= 4 is 84.7 Å². The highest BCUT2D eigenvalue weighted by molar-refractivity contribution is 7.92. The van der Waals surface area contributed by atoms with Gasteiger partial charge >= 0.3 is 21.5 Å². The lowest BCUT2D eigenvalue weighted by Crippen LogP contribution is -2.75. The summed E-state index contributed by atoms with van der Waals surface area (Å²) in [5, 5.41) is 17.1. The molecule has 3 amide bonds. The molecular formula is C47H52B2ClN6O13S2+. The van der Waals surface area contributed by atoms with E-state index in [0.717, 1.165) is 16.0 Å². The molecule has 4 aliphatic rings. The van der Waals surface area contributed by atoms with Gasteiger partial charge in [-0.3, -0.25) is 19.3 Å². The van der Waals surface area contributed by atoms with Crippen LogP contribution in [0.1, 0.15) is 52.0 Å². The second kappa shape index (κ2) is 22.1. The van der Waals surface area contributed by atoms with E-state index in [1.54, 1.807) is 45.6 Å². The summed E-state index contributed by atoms with van der Waals surface area (Å²) < 4.78 is 42.9.